The van der Waals surface area contributed by atoms with Crippen LogP contribution in [0.3, 0.4) is 0 Å². The van der Waals surface area contributed by atoms with Gasteiger partial charge in [0.05, 0.1) is 5.92 Å². The average molecular weight is 368 g/mol. The van der Waals surface area contributed by atoms with E-state index in [0.29, 0.717) is 5.75 Å². The van der Waals surface area contributed by atoms with Crippen molar-refractivity contribution in [1.82, 2.24) is 0 Å². The van der Waals surface area contributed by atoms with E-state index in [0.717, 1.165) is 36.8 Å². The molecule has 1 aliphatic rings. The van der Waals surface area contributed by atoms with E-state index < -0.39 is 0 Å². The molecule has 2 heteroatoms. The van der Waals surface area contributed by atoms with Gasteiger partial charge in [-0.05, 0) is 54.5 Å². The van der Waals surface area contributed by atoms with Gasteiger partial charge in [-0.25, -0.2) is 0 Å². The lowest BCUT2D eigenvalue weighted by Gasteiger charge is -2.22. The lowest BCUT2D eigenvalue weighted by molar-refractivity contribution is -0.139. The minimum atomic E-state index is -0.105. The second-order valence-electron chi connectivity index (χ2n) is 7.30. The van der Waals surface area contributed by atoms with Crippen LogP contribution in [0.2, 0.25) is 0 Å². The van der Waals surface area contributed by atoms with Gasteiger partial charge in [0, 0.05) is 0 Å². The maximum absolute atomic E-state index is 12.5. The summed E-state index contributed by atoms with van der Waals surface area (Å²) in [6, 6.07) is 28.3. The molecular weight excluding hydrogens is 344 g/mol. The predicted octanol–water partition coefficient (Wildman–Crippen LogP) is 6.53. The van der Waals surface area contributed by atoms with Gasteiger partial charge in [0.2, 0.25) is 0 Å². The first-order valence-corrected chi connectivity index (χ1v) is 9.89. The summed E-state index contributed by atoms with van der Waals surface area (Å²) in [7, 11) is 0. The molecule has 0 N–H and O–H groups in total. The number of hydrogen-bond acceptors (Lipinski definition) is 2. The van der Waals surface area contributed by atoms with Crippen LogP contribution in [0.15, 0.2) is 90.5 Å². The summed E-state index contributed by atoms with van der Waals surface area (Å²) < 4.78 is 5.64. The van der Waals surface area contributed by atoms with Crippen molar-refractivity contribution in [3.05, 3.63) is 96.1 Å². The highest BCUT2D eigenvalue weighted by Gasteiger charge is 2.25. The largest absolute Gasteiger partial charge is 0.426 e. The van der Waals surface area contributed by atoms with E-state index >= 15 is 0 Å². The highest BCUT2D eigenvalue weighted by Crippen LogP contribution is 2.31. The Hall–Kier alpha value is -3.13. The maximum Gasteiger partial charge on any atom is 0.314 e. The monoisotopic (exact) mass is 368 g/mol. The molecule has 3 aromatic carbocycles. The van der Waals surface area contributed by atoms with Crippen LogP contribution < -0.4 is 4.74 Å². The Bertz CT molecular complexity index is 931. The zero-order chi connectivity index (χ0) is 19.2. The Morgan fingerprint density at radius 2 is 1.32 bits per heavy atom. The van der Waals surface area contributed by atoms with Crippen molar-refractivity contribution in [2.75, 3.05) is 0 Å². The van der Waals surface area contributed by atoms with Crippen molar-refractivity contribution in [2.24, 2.45) is 5.92 Å². The fraction of sp³-hybridized carbons (Fsp3) is 0.192. The molecule has 0 heterocycles. The quantitative estimate of drug-likeness (QED) is 0.386. The van der Waals surface area contributed by atoms with Crippen LogP contribution >= 0.6 is 0 Å². The standard InChI is InChI=1S/C26H24O2/c27-26(24-13-11-21(12-14-24)19-20-7-3-1-4-8-20)28-25-17-15-23(16-18-25)22-9-5-2-6-10-22/h1-10,15-19,24H,11-14H2. The summed E-state index contributed by atoms with van der Waals surface area (Å²) in [6.07, 6.45) is 5.90. The molecular formula is C26H24O2. The van der Waals surface area contributed by atoms with Crippen molar-refractivity contribution in [2.45, 2.75) is 25.7 Å². The Morgan fingerprint density at radius 1 is 0.750 bits per heavy atom. The van der Waals surface area contributed by atoms with Crippen LogP contribution in [0, 0.1) is 5.92 Å². The van der Waals surface area contributed by atoms with E-state index in [1.807, 2.05) is 48.5 Å². The molecule has 0 radical (unpaired) electrons. The Labute approximate surface area is 166 Å². The van der Waals surface area contributed by atoms with Crippen LogP contribution in [0.25, 0.3) is 17.2 Å². The van der Waals surface area contributed by atoms with E-state index in [1.165, 1.54) is 11.1 Å². The van der Waals surface area contributed by atoms with Gasteiger partial charge >= 0.3 is 5.97 Å². The molecule has 0 aromatic heterocycles. The van der Waals surface area contributed by atoms with E-state index in [2.05, 4.69) is 42.5 Å². The summed E-state index contributed by atoms with van der Waals surface area (Å²) >= 11 is 0. The number of carbonyl (C=O) groups is 1. The first kappa shape index (κ1) is 18.2. The fourth-order valence-electron chi connectivity index (χ4n) is 3.70. The van der Waals surface area contributed by atoms with E-state index in [9.17, 15) is 4.79 Å². The Morgan fingerprint density at radius 3 is 1.96 bits per heavy atom. The average Bonchev–Trinajstić information content (AvgIpc) is 2.76. The number of esters is 1. The molecule has 0 atom stereocenters. The molecule has 0 spiro atoms. The highest BCUT2D eigenvalue weighted by molar-refractivity contribution is 5.76. The summed E-state index contributed by atoms with van der Waals surface area (Å²) in [6.45, 7) is 0. The molecule has 28 heavy (non-hydrogen) atoms. The van der Waals surface area contributed by atoms with Gasteiger partial charge in [0.15, 0.2) is 0 Å². The number of ether oxygens (including phenoxy) is 1. The zero-order valence-electron chi connectivity index (χ0n) is 15.9. The van der Waals surface area contributed by atoms with Gasteiger partial charge in [0.1, 0.15) is 5.75 Å². The lowest BCUT2D eigenvalue weighted by Crippen LogP contribution is -2.23. The molecule has 3 aromatic rings. The molecule has 0 bridgehead atoms. The molecule has 0 amide bonds. The lowest BCUT2D eigenvalue weighted by atomic mass is 9.85. The van der Waals surface area contributed by atoms with Gasteiger partial charge in [0.25, 0.3) is 0 Å². The van der Waals surface area contributed by atoms with Crippen molar-refractivity contribution in [3.8, 4) is 16.9 Å². The van der Waals surface area contributed by atoms with Crippen molar-refractivity contribution >= 4 is 12.0 Å². The van der Waals surface area contributed by atoms with Crippen LogP contribution in [0.5, 0.6) is 5.75 Å². The third kappa shape index (κ3) is 4.58. The third-order valence-corrected chi connectivity index (χ3v) is 5.31. The molecule has 0 unspecified atom stereocenters. The van der Waals surface area contributed by atoms with Crippen molar-refractivity contribution in [1.29, 1.82) is 0 Å². The molecule has 2 nitrogen and oxygen atoms in total. The molecule has 4 rings (SSSR count). The van der Waals surface area contributed by atoms with Gasteiger partial charge in [-0.2, -0.15) is 0 Å². The number of benzene rings is 3. The first-order chi connectivity index (χ1) is 13.8. The van der Waals surface area contributed by atoms with E-state index in [4.69, 9.17) is 4.74 Å². The van der Waals surface area contributed by atoms with E-state index in [1.54, 1.807) is 0 Å². The first-order valence-electron chi connectivity index (χ1n) is 9.89. The smallest absolute Gasteiger partial charge is 0.314 e. The molecule has 1 aliphatic carbocycles. The van der Waals surface area contributed by atoms with Gasteiger partial charge in [-0.3, -0.25) is 4.79 Å². The molecule has 1 fully saturated rings. The molecule has 0 saturated heterocycles. The van der Waals surface area contributed by atoms with Gasteiger partial charge in [-0.1, -0.05) is 84.4 Å². The summed E-state index contributed by atoms with van der Waals surface area (Å²) in [5, 5.41) is 0. The number of allylic oxidation sites excluding steroid dienone is 1. The second-order valence-corrected chi connectivity index (χ2v) is 7.30. The van der Waals surface area contributed by atoms with Crippen LogP contribution in [-0.2, 0) is 4.79 Å². The van der Waals surface area contributed by atoms with Gasteiger partial charge < -0.3 is 4.74 Å². The predicted molar refractivity (Wildman–Crippen MR) is 114 cm³/mol. The Balaban J connectivity index is 1.33. The maximum atomic E-state index is 12.5. The van der Waals surface area contributed by atoms with Crippen molar-refractivity contribution in [3.63, 3.8) is 0 Å². The van der Waals surface area contributed by atoms with Crippen LogP contribution in [0.4, 0.5) is 0 Å². The molecule has 140 valence electrons. The molecule has 1 saturated carbocycles. The summed E-state index contributed by atoms with van der Waals surface area (Å²) in [4.78, 5) is 12.5. The molecule has 0 aliphatic heterocycles. The fourth-order valence-corrected chi connectivity index (χ4v) is 3.70. The summed E-state index contributed by atoms with van der Waals surface area (Å²) in [5.41, 5.74) is 4.93. The minimum absolute atomic E-state index is 0.0123. The topological polar surface area (TPSA) is 26.3 Å². The summed E-state index contributed by atoms with van der Waals surface area (Å²) in [5.74, 6) is 0.503. The normalized spacial score (nSPS) is 16.4. The number of rotatable bonds is 4. The third-order valence-electron chi connectivity index (χ3n) is 5.31. The van der Waals surface area contributed by atoms with Crippen molar-refractivity contribution < 1.29 is 9.53 Å². The SMILES string of the molecule is O=C(Oc1ccc(-c2ccccc2)cc1)C1CCC(=Cc2ccccc2)CC1. The van der Waals surface area contributed by atoms with Crippen LogP contribution in [-0.4, -0.2) is 5.97 Å². The number of carbonyl (C=O) groups excluding carboxylic acids is 1. The number of hydrogen-bond donors (Lipinski definition) is 0. The van der Waals surface area contributed by atoms with Gasteiger partial charge in [-0.15, -0.1) is 0 Å². The zero-order valence-corrected chi connectivity index (χ0v) is 15.9. The van der Waals surface area contributed by atoms with Crippen LogP contribution in [0.1, 0.15) is 31.2 Å². The highest BCUT2D eigenvalue weighted by atomic mass is 16.5. The minimum Gasteiger partial charge on any atom is -0.426 e. The van der Waals surface area contributed by atoms with E-state index in [-0.39, 0.29) is 11.9 Å². The Kier molecular flexibility index (Phi) is 5.67. The second kappa shape index (κ2) is 8.71.